The normalized spacial score (nSPS) is 26.9. The predicted molar refractivity (Wildman–Crippen MR) is 84.9 cm³/mol. The molecule has 0 aromatic carbocycles. The van der Waals surface area contributed by atoms with Gasteiger partial charge in [-0.2, -0.15) is 4.57 Å². The Morgan fingerprint density at radius 3 is 2.15 bits per heavy atom. The molecule has 0 radical (unpaired) electrons. The molecule has 0 saturated carbocycles. The summed E-state index contributed by atoms with van der Waals surface area (Å²) in [6.45, 7) is 2.87. The Balaban J connectivity index is 2.58. The van der Waals surface area contributed by atoms with Crippen molar-refractivity contribution in [1.82, 2.24) is 0 Å². The van der Waals surface area contributed by atoms with E-state index in [1.165, 1.54) is 17.0 Å². The lowest BCUT2D eigenvalue weighted by Crippen LogP contribution is -2.62. The van der Waals surface area contributed by atoms with Crippen molar-refractivity contribution in [3.63, 3.8) is 0 Å². The molecule has 1 aliphatic heterocycles. The number of pyridine rings is 1. The van der Waals surface area contributed by atoms with Crippen LogP contribution in [0.5, 0.6) is 0 Å². The van der Waals surface area contributed by atoms with Gasteiger partial charge in [0.2, 0.25) is 0 Å². The highest BCUT2D eigenvalue weighted by molar-refractivity contribution is 5.83. The number of nitrogens with zero attached hydrogens (tertiary/aromatic N) is 1. The van der Waals surface area contributed by atoms with Crippen LogP contribution >= 0.6 is 0 Å². The number of carbonyl (C=O) groups is 4. The van der Waals surface area contributed by atoms with Crippen LogP contribution in [0.15, 0.2) is 30.6 Å². The van der Waals surface area contributed by atoms with E-state index >= 15 is 0 Å². The number of aromatic nitrogens is 1. The summed E-state index contributed by atoms with van der Waals surface area (Å²) in [6.07, 6.45) is -1.08. The van der Waals surface area contributed by atoms with Crippen LogP contribution in [0.1, 0.15) is 27.0 Å². The third-order valence-corrected chi connectivity index (χ3v) is 3.83. The van der Waals surface area contributed by atoms with Gasteiger partial charge in [-0.25, -0.2) is 4.79 Å². The molecule has 1 aromatic heterocycles. The van der Waals surface area contributed by atoms with Crippen LogP contribution in [0.2, 0.25) is 0 Å². The minimum absolute atomic E-state index is 0.395. The SMILES string of the molecule is CC(=O)OC[C@H]1O[C@@H]([n+]2ccccc2)[C@@](OC(C)=O)(C(=O)O)[C@@H]1OC(C)=O. The minimum atomic E-state index is -2.38. The van der Waals surface area contributed by atoms with Crippen LogP contribution in [0.4, 0.5) is 0 Å². The Bertz CT molecular complexity index is 735. The molecular formula is C17H20NO9+. The molecule has 1 fully saturated rings. The Kier molecular flexibility index (Phi) is 6.11. The molecule has 0 bridgehead atoms. The number of esters is 3. The molecule has 10 heteroatoms. The number of ether oxygens (including phenoxy) is 4. The van der Waals surface area contributed by atoms with E-state index in [0.717, 1.165) is 20.8 Å². The highest BCUT2D eigenvalue weighted by atomic mass is 16.7. The minimum Gasteiger partial charge on any atom is -0.478 e. The Hall–Kier alpha value is -3.01. The number of carboxylic acids is 1. The third kappa shape index (κ3) is 4.22. The zero-order chi connectivity index (χ0) is 20.2. The first-order valence-electron chi connectivity index (χ1n) is 8.03. The van der Waals surface area contributed by atoms with E-state index < -0.39 is 54.5 Å². The largest absolute Gasteiger partial charge is 0.478 e. The van der Waals surface area contributed by atoms with Gasteiger partial charge in [0.15, 0.2) is 18.5 Å². The summed E-state index contributed by atoms with van der Waals surface area (Å²) >= 11 is 0. The third-order valence-electron chi connectivity index (χ3n) is 3.83. The standard InChI is InChI=1S/C17H19NO9/c1-10(19)24-9-13-14(25-11(2)20)17(16(22)23,27-12(3)21)15(26-13)18-7-5-4-6-8-18/h4-8,13-15H,9H2,1-3H3/p+1/t13-,14-,15-,17-/m1/s1. The van der Waals surface area contributed by atoms with Gasteiger partial charge in [-0.05, 0) is 0 Å². The van der Waals surface area contributed by atoms with Crippen LogP contribution < -0.4 is 4.57 Å². The molecule has 1 aliphatic rings. The quantitative estimate of drug-likeness (QED) is 0.402. The summed E-state index contributed by atoms with van der Waals surface area (Å²) < 4.78 is 22.3. The lowest BCUT2D eigenvalue weighted by Gasteiger charge is -2.30. The maximum atomic E-state index is 12.2. The summed E-state index contributed by atoms with van der Waals surface area (Å²) in [5, 5.41) is 9.95. The topological polar surface area (TPSA) is 129 Å². The van der Waals surface area contributed by atoms with E-state index in [9.17, 15) is 24.3 Å². The van der Waals surface area contributed by atoms with Crippen LogP contribution in [-0.4, -0.2) is 53.4 Å². The number of rotatable bonds is 6. The number of hydrogen-bond donors (Lipinski definition) is 1. The number of carboxylic acid groups (broad SMARTS) is 1. The molecule has 2 heterocycles. The van der Waals surface area contributed by atoms with E-state index in [0.29, 0.717) is 0 Å². The average Bonchev–Trinajstić information content (AvgIpc) is 2.87. The van der Waals surface area contributed by atoms with Gasteiger partial charge in [0.05, 0.1) is 0 Å². The van der Waals surface area contributed by atoms with Crippen LogP contribution in [0.25, 0.3) is 0 Å². The monoisotopic (exact) mass is 382 g/mol. The van der Waals surface area contributed by atoms with Gasteiger partial charge in [-0.15, -0.1) is 0 Å². The van der Waals surface area contributed by atoms with Crippen molar-refractivity contribution in [2.45, 2.75) is 44.8 Å². The van der Waals surface area contributed by atoms with E-state index in [-0.39, 0.29) is 0 Å². The van der Waals surface area contributed by atoms with Crippen molar-refractivity contribution in [2.75, 3.05) is 6.61 Å². The molecule has 1 aromatic rings. The second kappa shape index (κ2) is 8.12. The number of hydrogen-bond acceptors (Lipinski definition) is 8. The van der Waals surface area contributed by atoms with Crippen LogP contribution in [0, 0.1) is 0 Å². The number of aliphatic carboxylic acids is 1. The van der Waals surface area contributed by atoms with Crippen molar-refractivity contribution < 1.29 is 47.8 Å². The smallest absolute Gasteiger partial charge is 0.362 e. The average molecular weight is 382 g/mol. The molecule has 0 amide bonds. The van der Waals surface area contributed by atoms with E-state index in [1.54, 1.807) is 18.2 Å². The summed E-state index contributed by atoms with van der Waals surface area (Å²) in [6, 6.07) is 4.92. The molecule has 10 nitrogen and oxygen atoms in total. The second-order valence-corrected chi connectivity index (χ2v) is 5.87. The van der Waals surface area contributed by atoms with Crippen molar-refractivity contribution in [3.8, 4) is 0 Å². The molecular weight excluding hydrogens is 362 g/mol. The molecule has 4 atom stereocenters. The van der Waals surface area contributed by atoms with Crippen molar-refractivity contribution >= 4 is 23.9 Å². The fourth-order valence-electron chi connectivity index (χ4n) is 2.90. The van der Waals surface area contributed by atoms with Gasteiger partial charge in [-0.1, -0.05) is 6.07 Å². The first-order chi connectivity index (χ1) is 12.7. The van der Waals surface area contributed by atoms with Crippen molar-refractivity contribution in [1.29, 1.82) is 0 Å². The van der Waals surface area contributed by atoms with Gasteiger partial charge in [0.25, 0.3) is 0 Å². The Labute approximate surface area is 154 Å². The van der Waals surface area contributed by atoms with Gasteiger partial charge in [0, 0.05) is 32.9 Å². The van der Waals surface area contributed by atoms with E-state index in [4.69, 9.17) is 18.9 Å². The highest BCUT2D eigenvalue weighted by Gasteiger charge is 2.72. The Morgan fingerprint density at radius 2 is 1.67 bits per heavy atom. The first-order valence-corrected chi connectivity index (χ1v) is 8.03. The fourth-order valence-corrected chi connectivity index (χ4v) is 2.90. The summed E-state index contributed by atoms with van der Waals surface area (Å²) in [5.41, 5.74) is -2.38. The van der Waals surface area contributed by atoms with Gasteiger partial charge in [0.1, 0.15) is 12.7 Å². The first kappa shape index (κ1) is 20.3. The number of carbonyl (C=O) groups excluding carboxylic acids is 3. The zero-order valence-electron chi connectivity index (χ0n) is 15.0. The van der Waals surface area contributed by atoms with Crippen molar-refractivity contribution in [3.05, 3.63) is 30.6 Å². The van der Waals surface area contributed by atoms with E-state index in [1.807, 2.05) is 0 Å². The maximum absolute atomic E-state index is 12.2. The maximum Gasteiger partial charge on any atom is 0.362 e. The molecule has 146 valence electrons. The zero-order valence-corrected chi connectivity index (χ0v) is 15.0. The lowest BCUT2D eigenvalue weighted by atomic mass is 9.93. The Morgan fingerprint density at radius 1 is 1.04 bits per heavy atom. The fraction of sp³-hybridized carbons (Fsp3) is 0.471. The molecule has 0 aliphatic carbocycles. The molecule has 1 N–H and O–H groups in total. The summed E-state index contributed by atoms with van der Waals surface area (Å²) in [5.74, 6) is -3.93. The van der Waals surface area contributed by atoms with E-state index in [2.05, 4.69) is 0 Å². The predicted octanol–water partition coefficient (Wildman–Crippen LogP) is -0.247. The molecule has 27 heavy (non-hydrogen) atoms. The highest BCUT2D eigenvalue weighted by Crippen LogP contribution is 2.41. The molecule has 1 saturated heterocycles. The van der Waals surface area contributed by atoms with Gasteiger partial charge in [-0.3, -0.25) is 14.4 Å². The second-order valence-electron chi connectivity index (χ2n) is 5.87. The van der Waals surface area contributed by atoms with Gasteiger partial charge >= 0.3 is 35.7 Å². The van der Waals surface area contributed by atoms with Crippen LogP contribution in [0.3, 0.4) is 0 Å². The van der Waals surface area contributed by atoms with Crippen molar-refractivity contribution in [2.24, 2.45) is 0 Å². The molecule has 0 unspecified atom stereocenters. The summed E-state index contributed by atoms with van der Waals surface area (Å²) in [4.78, 5) is 46.7. The molecule has 2 rings (SSSR count). The van der Waals surface area contributed by atoms with Gasteiger partial charge < -0.3 is 24.1 Å². The van der Waals surface area contributed by atoms with Crippen LogP contribution in [-0.2, 0) is 38.1 Å². The summed E-state index contributed by atoms with van der Waals surface area (Å²) in [7, 11) is 0. The molecule has 0 spiro atoms. The lowest BCUT2D eigenvalue weighted by molar-refractivity contribution is -0.769.